The number of nitrogens with two attached hydrogens (primary N) is 1. The van der Waals surface area contributed by atoms with E-state index in [2.05, 4.69) is 15.6 Å². The fraction of sp³-hybridized carbons (Fsp3) is 0.400. The predicted molar refractivity (Wildman–Crippen MR) is 85.5 cm³/mol. The lowest BCUT2D eigenvalue weighted by Gasteiger charge is -2.15. The van der Waals surface area contributed by atoms with E-state index in [0.717, 1.165) is 5.69 Å². The van der Waals surface area contributed by atoms with Gasteiger partial charge in [0.2, 0.25) is 5.91 Å². The molecule has 0 aliphatic heterocycles. The monoisotopic (exact) mass is 319 g/mol. The molecule has 1 unspecified atom stereocenters. The highest BCUT2D eigenvalue weighted by Crippen LogP contribution is 2.30. The molecule has 0 saturated heterocycles. The number of benzene rings is 1. The average Bonchev–Trinajstić information content (AvgIpc) is 2.94. The SMILES string of the molecule is COc1ccc(NC(=O)C(C)n2nnc(CN)c2C)cc1OC. The van der Waals surface area contributed by atoms with Gasteiger partial charge in [0.05, 0.1) is 25.6 Å². The van der Waals surface area contributed by atoms with Crippen LogP contribution in [0.5, 0.6) is 11.5 Å². The topological polar surface area (TPSA) is 104 Å². The van der Waals surface area contributed by atoms with Crippen molar-refractivity contribution < 1.29 is 14.3 Å². The maximum Gasteiger partial charge on any atom is 0.249 e. The number of carbonyl (C=O) groups excluding carboxylic acids is 1. The van der Waals surface area contributed by atoms with Crippen LogP contribution < -0.4 is 20.5 Å². The van der Waals surface area contributed by atoms with Gasteiger partial charge in [0.1, 0.15) is 6.04 Å². The van der Waals surface area contributed by atoms with E-state index in [0.29, 0.717) is 22.9 Å². The van der Waals surface area contributed by atoms with Gasteiger partial charge in [-0.1, -0.05) is 5.21 Å². The Morgan fingerprint density at radius 3 is 2.61 bits per heavy atom. The fourth-order valence-electron chi connectivity index (χ4n) is 2.20. The van der Waals surface area contributed by atoms with Crippen molar-refractivity contribution in [3.05, 3.63) is 29.6 Å². The summed E-state index contributed by atoms with van der Waals surface area (Å²) in [6, 6.07) is 4.65. The molecule has 0 saturated carbocycles. The predicted octanol–water partition coefficient (Wildman–Crippen LogP) is 1.26. The second kappa shape index (κ2) is 7.10. The number of nitrogens with one attached hydrogen (secondary N) is 1. The van der Waals surface area contributed by atoms with Gasteiger partial charge in [-0.15, -0.1) is 5.10 Å². The first-order valence-corrected chi connectivity index (χ1v) is 7.15. The number of aromatic nitrogens is 3. The second-order valence-corrected chi connectivity index (χ2v) is 5.01. The maximum absolute atomic E-state index is 12.4. The summed E-state index contributed by atoms with van der Waals surface area (Å²) in [6.45, 7) is 3.87. The summed E-state index contributed by atoms with van der Waals surface area (Å²) >= 11 is 0. The molecule has 0 fully saturated rings. The van der Waals surface area contributed by atoms with Crippen LogP contribution in [0.1, 0.15) is 24.4 Å². The van der Waals surface area contributed by atoms with E-state index in [1.54, 1.807) is 44.0 Å². The lowest BCUT2D eigenvalue weighted by atomic mass is 10.2. The van der Waals surface area contributed by atoms with Gasteiger partial charge in [-0.2, -0.15) is 0 Å². The molecule has 1 heterocycles. The van der Waals surface area contributed by atoms with Crippen LogP contribution in [0.4, 0.5) is 5.69 Å². The van der Waals surface area contributed by atoms with Crippen molar-refractivity contribution in [3.63, 3.8) is 0 Å². The Labute approximate surface area is 134 Å². The molecule has 0 spiro atoms. The molecule has 23 heavy (non-hydrogen) atoms. The average molecular weight is 319 g/mol. The van der Waals surface area contributed by atoms with E-state index < -0.39 is 6.04 Å². The van der Waals surface area contributed by atoms with Crippen molar-refractivity contribution in [1.29, 1.82) is 0 Å². The molecule has 0 bridgehead atoms. The Kier molecular flexibility index (Phi) is 5.17. The fourth-order valence-corrected chi connectivity index (χ4v) is 2.20. The van der Waals surface area contributed by atoms with Crippen LogP contribution in [0.3, 0.4) is 0 Å². The summed E-state index contributed by atoms with van der Waals surface area (Å²) in [5.74, 6) is 0.923. The van der Waals surface area contributed by atoms with Crippen LogP contribution in [-0.4, -0.2) is 35.1 Å². The number of anilines is 1. The molecule has 0 aliphatic rings. The van der Waals surface area contributed by atoms with Gasteiger partial charge < -0.3 is 20.5 Å². The van der Waals surface area contributed by atoms with E-state index in [4.69, 9.17) is 15.2 Å². The molecule has 8 heteroatoms. The van der Waals surface area contributed by atoms with Crippen molar-refractivity contribution in [3.8, 4) is 11.5 Å². The lowest BCUT2D eigenvalue weighted by molar-refractivity contribution is -0.119. The first-order chi connectivity index (χ1) is 11.0. The largest absolute Gasteiger partial charge is 0.493 e. The number of methoxy groups -OCH3 is 2. The highest BCUT2D eigenvalue weighted by molar-refractivity contribution is 5.93. The zero-order valence-corrected chi connectivity index (χ0v) is 13.7. The summed E-state index contributed by atoms with van der Waals surface area (Å²) in [5, 5.41) is 10.8. The van der Waals surface area contributed by atoms with E-state index in [1.807, 2.05) is 6.92 Å². The maximum atomic E-state index is 12.4. The minimum atomic E-state index is -0.518. The van der Waals surface area contributed by atoms with Crippen LogP contribution in [0.2, 0.25) is 0 Å². The van der Waals surface area contributed by atoms with Gasteiger partial charge in [0, 0.05) is 18.3 Å². The molecular weight excluding hydrogens is 298 g/mol. The standard InChI is InChI=1S/C15H21N5O3/c1-9-12(8-16)18-19-20(9)10(2)15(21)17-11-5-6-13(22-3)14(7-11)23-4/h5-7,10H,8,16H2,1-4H3,(H,17,21). The third-order valence-corrected chi connectivity index (χ3v) is 3.61. The molecular formula is C15H21N5O3. The molecule has 1 atom stereocenters. The number of ether oxygens (including phenoxy) is 2. The number of hydrogen-bond acceptors (Lipinski definition) is 6. The molecule has 3 N–H and O–H groups in total. The van der Waals surface area contributed by atoms with Gasteiger partial charge >= 0.3 is 0 Å². The number of carbonyl (C=O) groups is 1. The minimum Gasteiger partial charge on any atom is -0.493 e. The normalized spacial score (nSPS) is 11.9. The van der Waals surface area contributed by atoms with E-state index in [-0.39, 0.29) is 12.5 Å². The van der Waals surface area contributed by atoms with Crippen molar-refractivity contribution >= 4 is 11.6 Å². The van der Waals surface area contributed by atoms with Crippen LogP contribution in [-0.2, 0) is 11.3 Å². The van der Waals surface area contributed by atoms with Gasteiger partial charge in [0.15, 0.2) is 11.5 Å². The molecule has 0 aliphatic carbocycles. The number of hydrogen-bond donors (Lipinski definition) is 2. The van der Waals surface area contributed by atoms with Gasteiger partial charge in [-0.3, -0.25) is 4.79 Å². The van der Waals surface area contributed by atoms with Crippen LogP contribution >= 0.6 is 0 Å². The zero-order valence-electron chi connectivity index (χ0n) is 13.7. The molecule has 1 aromatic heterocycles. The Balaban J connectivity index is 2.16. The van der Waals surface area contributed by atoms with Gasteiger partial charge in [-0.25, -0.2) is 4.68 Å². The molecule has 1 aromatic carbocycles. The highest BCUT2D eigenvalue weighted by atomic mass is 16.5. The third kappa shape index (κ3) is 3.42. The highest BCUT2D eigenvalue weighted by Gasteiger charge is 2.20. The second-order valence-electron chi connectivity index (χ2n) is 5.01. The van der Waals surface area contributed by atoms with Crippen molar-refractivity contribution in [2.45, 2.75) is 26.4 Å². The van der Waals surface area contributed by atoms with Crippen LogP contribution in [0, 0.1) is 6.92 Å². The Morgan fingerprint density at radius 2 is 2.04 bits per heavy atom. The number of rotatable bonds is 6. The zero-order chi connectivity index (χ0) is 17.0. The molecule has 8 nitrogen and oxygen atoms in total. The van der Waals surface area contributed by atoms with Gasteiger partial charge in [-0.05, 0) is 26.0 Å². The Bertz CT molecular complexity index is 698. The van der Waals surface area contributed by atoms with Crippen molar-refractivity contribution in [2.75, 3.05) is 19.5 Å². The van der Waals surface area contributed by atoms with Crippen molar-refractivity contribution in [2.24, 2.45) is 5.73 Å². The molecule has 2 aromatic rings. The molecule has 2 rings (SSSR count). The van der Waals surface area contributed by atoms with Crippen LogP contribution in [0.25, 0.3) is 0 Å². The van der Waals surface area contributed by atoms with Gasteiger partial charge in [0.25, 0.3) is 0 Å². The summed E-state index contributed by atoms with van der Waals surface area (Å²) in [6.07, 6.45) is 0. The molecule has 1 amide bonds. The van der Waals surface area contributed by atoms with E-state index in [9.17, 15) is 4.79 Å². The van der Waals surface area contributed by atoms with Crippen molar-refractivity contribution in [1.82, 2.24) is 15.0 Å². The van der Waals surface area contributed by atoms with Crippen LogP contribution in [0.15, 0.2) is 18.2 Å². The Morgan fingerprint density at radius 1 is 1.35 bits per heavy atom. The van der Waals surface area contributed by atoms with E-state index >= 15 is 0 Å². The molecule has 124 valence electrons. The molecule has 0 radical (unpaired) electrons. The van der Waals surface area contributed by atoms with E-state index in [1.165, 1.54) is 0 Å². The lowest BCUT2D eigenvalue weighted by Crippen LogP contribution is -2.25. The first kappa shape index (κ1) is 16.8. The minimum absolute atomic E-state index is 0.214. The summed E-state index contributed by atoms with van der Waals surface area (Å²) in [7, 11) is 3.10. The first-order valence-electron chi connectivity index (χ1n) is 7.15. The number of nitrogens with zero attached hydrogens (tertiary/aromatic N) is 3. The number of amides is 1. The summed E-state index contributed by atoms with van der Waals surface area (Å²) < 4.78 is 11.9. The summed E-state index contributed by atoms with van der Waals surface area (Å²) in [4.78, 5) is 12.4. The third-order valence-electron chi connectivity index (χ3n) is 3.61. The quantitative estimate of drug-likeness (QED) is 0.830. The Hall–Kier alpha value is -2.61. The summed E-state index contributed by atoms with van der Waals surface area (Å²) in [5.41, 5.74) is 7.65. The smallest absolute Gasteiger partial charge is 0.249 e.